The minimum absolute atomic E-state index is 0.821. The van der Waals surface area contributed by atoms with Gasteiger partial charge in [0.2, 0.25) is 0 Å². The Labute approximate surface area is 76.3 Å². The van der Waals surface area contributed by atoms with Gasteiger partial charge in [-0.3, -0.25) is 4.90 Å². The largest absolute Gasteiger partial charge is 0.315 e. The van der Waals surface area contributed by atoms with Crippen LogP contribution in [0, 0.1) is 0 Å². The molecule has 1 aliphatic rings. The van der Waals surface area contributed by atoms with Crippen molar-refractivity contribution < 1.29 is 0 Å². The smallest absolute Gasteiger partial charge is 0.0220 e. The van der Waals surface area contributed by atoms with Crippen molar-refractivity contribution in [1.82, 2.24) is 10.2 Å². The number of nitrogens with one attached hydrogen (secondary N) is 1. The van der Waals surface area contributed by atoms with E-state index in [0.29, 0.717) is 0 Å². The van der Waals surface area contributed by atoms with Crippen LogP contribution < -0.4 is 5.32 Å². The molecule has 0 aromatic carbocycles. The third kappa shape index (κ3) is 2.76. The molecule has 1 unspecified atom stereocenters. The predicted molar refractivity (Wildman–Crippen MR) is 53.4 cm³/mol. The first-order chi connectivity index (χ1) is 5.88. The Hall–Kier alpha value is -0.0800. The topological polar surface area (TPSA) is 15.3 Å². The molecule has 1 saturated heterocycles. The van der Waals surface area contributed by atoms with Crippen molar-refractivity contribution in [3.05, 3.63) is 0 Å². The third-order valence-electron chi connectivity index (χ3n) is 2.71. The molecule has 0 aromatic heterocycles. The quantitative estimate of drug-likeness (QED) is 0.629. The number of likely N-dealkylation sites (N-methyl/N-ethyl adjacent to an activating group) is 1. The van der Waals surface area contributed by atoms with Crippen LogP contribution in [0.4, 0.5) is 0 Å². The summed E-state index contributed by atoms with van der Waals surface area (Å²) in [7, 11) is 0. The van der Waals surface area contributed by atoms with Gasteiger partial charge in [0.1, 0.15) is 0 Å². The zero-order chi connectivity index (χ0) is 8.81. The monoisotopic (exact) mass is 170 g/mol. The van der Waals surface area contributed by atoms with Gasteiger partial charge < -0.3 is 5.32 Å². The summed E-state index contributed by atoms with van der Waals surface area (Å²) >= 11 is 0. The molecule has 0 aliphatic carbocycles. The fourth-order valence-corrected chi connectivity index (χ4v) is 1.99. The van der Waals surface area contributed by atoms with E-state index in [1.807, 2.05) is 0 Å². The highest BCUT2D eigenvalue weighted by molar-refractivity contribution is 4.79. The van der Waals surface area contributed by atoms with Gasteiger partial charge in [-0.1, -0.05) is 13.8 Å². The van der Waals surface area contributed by atoms with Gasteiger partial charge in [-0.15, -0.1) is 0 Å². The first-order valence-electron chi connectivity index (χ1n) is 5.33. The minimum atomic E-state index is 0.821. The van der Waals surface area contributed by atoms with Crippen LogP contribution in [0.2, 0.25) is 0 Å². The Bertz CT molecular complexity index is 114. The van der Waals surface area contributed by atoms with E-state index in [2.05, 4.69) is 24.1 Å². The van der Waals surface area contributed by atoms with Crippen LogP contribution >= 0.6 is 0 Å². The highest BCUT2D eigenvalue weighted by Gasteiger charge is 2.21. The van der Waals surface area contributed by atoms with Crippen molar-refractivity contribution >= 4 is 0 Å². The molecule has 2 heteroatoms. The normalized spacial score (nSPS) is 25.0. The number of hydrogen-bond donors (Lipinski definition) is 1. The van der Waals surface area contributed by atoms with Gasteiger partial charge >= 0.3 is 0 Å². The van der Waals surface area contributed by atoms with E-state index in [4.69, 9.17) is 0 Å². The molecule has 0 saturated carbocycles. The van der Waals surface area contributed by atoms with Gasteiger partial charge in [0.05, 0.1) is 0 Å². The Kier molecular flexibility index (Phi) is 4.62. The average Bonchev–Trinajstić information content (AvgIpc) is 2.52. The second-order valence-electron chi connectivity index (χ2n) is 3.63. The summed E-state index contributed by atoms with van der Waals surface area (Å²) in [5.74, 6) is 0. The van der Waals surface area contributed by atoms with Gasteiger partial charge in [0, 0.05) is 12.6 Å². The second-order valence-corrected chi connectivity index (χ2v) is 3.63. The summed E-state index contributed by atoms with van der Waals surface area (Å²) in [4.78, 5) is 2.59. The second kappa shape index (κ2) is 5.55. The lowest BCUT2D eigenvalue weighted by molar-refractivity contribution is 0.260. The standard InChI is InChI=1S/C10H22N2/c1-3-7-11-9-10-6-5-8-12(10)4-2/h10-11H,3-9H2,1-2H3. The lowest BCUT2D eigenvalue weighted by atomic mass is 10.2. The highest BCUT2D eigenvalue weighted by Crippen LogP contribution is 2.15. The van der Waals surface area contributed by atoms with Gasteiger partial charge in [-0.05, 0) is 38.9 Å². The van der Waals surface area contributed by atoms with Gasteiger partial charge in [-0.25, -0.2) is 0 Å². The van der Waals surface area contributed by atoms with E-state index in [-0.39, 0.29) is 0 Å². The van der Waals surface area contributed by atoms with E-state index < -0.39 is 0 Å². The summed E-state index contributed by atoms with van der Waals surface area (Å²) in [5, 5.41) is 3.50. The van der Waals surface area contributed by atoms with E-state index in [0.717, 1.165) is 6.04 Å². The lowest BCUT2D eigenvalue weighted by Gasteiger charge is -2.22. The Morgan fingerprint density at radius 2 is 2.25 bits per heavy atom. The van der Waals surface area contributed by atoms with Crippen molar-refractivity contribution in [2.24, 2.45) is 0 Å². The summed E-state index contributed by atoms with van der Waals surface area (Å²) in [5.41, 5.74) is 0. The maximum Gasteiger partial charge on any atom is 0.0220 e. The summed E-state index contributed by atoms with van der Waals surface area (Å²) in [6.07, 6.45) is 4.04. The van der Waals surface area contributed by atoms with Crippen LogP contribution in [0.1, 0.15) is 33.1 Å². The van der Waals surface area contributed by atoms with Crippen LogP contribution in [0.25, 0.3) is 0 Å². The van der Waals surface area contributed by atoms with Crippen LogP contribution in [0.15, 0.2) is 0 Å². The lowest BCUT2D eigenvalue weighted by Crippen LogP contribution is -2.37. The van der Waals surface area contributed by atoms with E-state index in [1.54, 1.807) is 0 Å². The number of nitrogens with zero attached hydrogens (tertiary/aromatic N) is 1. The molecule has 1 heterocycles. The molecule has 12 heavy (non-hydrogen) atoms. The molecule has 0 aromatic rings. The van der Waals surface area contributed by atoms with Crippen molar-refractivity contribution in [1.29, 1.82) is 0 Å². The van der Waals surface area contributed by atoms with Crippen molar-refractivity contribution in [3.8, 4) is 0 Å². The van der Waals surface area contributed by atoms with Crippen molar-refractivity contribution in [3.63, 3.8) is 0 Å². The molecule has 1 rings (SSSR count). The zero-order valence-corrected chi connectivity index (χ0v) is 8.47. The summed E-state index contributed by atoms with van der Waals surface area (Å²) in [6, 6.07) is 0.821. The van der Waals surface area contributed by atoms with Crippen molar-refractivity contribution in [2.75, 3.05) is 26.2 Å². The Morgan fingerprint density at radius 1 is 1.42 bits per heavy atom. The number of rotatable bonds is 5. The highest BCUT2D eigenvalue weighted by atomic mass is 15.2. The molecule has 1 aliphatic heterocycles. The van der Waals surface area contributed by atoms with E-state index >= 15 is 0 Å². The fourth-order valence-electron chi connectivity index (χ4n) is 1.99. The Morgan fingerprint density at radius 3 is 2.92 bits per heavy atom. The first kappa shape index (κ1) is 10.0. The summed E-state index contributed by atoms with van der Waals surface area (Å²) in [6.45, 7) is 9.39. The van der Waals surface area contributed by atoms with E-state index in [9.17, 15) is 0 Å². The molecule has 0 spiro atoms. The molecule has 1 fully saturated rings. The maximum absolute atomic E-state index is 3.50. The van der Waals surface area contributed by atoms with Crippen LogP contribution in [-0.2, 0) is 0 Å². The molecule has 72 valence electrons. The summed E-state index contributed by atoms with van der Waals surface area (Å²) < 4.78 is 0. The van der Waals surface area contributed by atoms with Crippen molar-refractivity contribution in [2.45, 2.75) is 39.2 Å². The Balaban J connectivity index is 2.12. The molecular weight excluding hydrogens is 148 g/mol. The fraction of sp³-hybridized carbons (Fsp3) is 1.00. The zero-order valence-electron chi connectivity index (χ0n) is 8.47. The minimum Gasteiger partial charge on any atom is -0.315 e. The van der Waals surface area contributed by atoms with Gasteiger partial charge in [-0.2, -0.15) is 0 Å². The molecule has 2 nitrogen and oxygen atoms in total. The van der Waals surface area contributed by atoms with Gasteiger partial charge in [0.15, 0.2) is 0 Å². The average molecular weight is 170 g/mol. The van der Waals surface area contributed by atoms with Crippen LogP contribution in [0.5, 0.6) is 0 Å². The molecule has 0 amide bonds. The van der Waals surface area contributed by atoms with Crippen LogP contribution in [-0.4, -0.2) is 37.1 Å². The maximum atomic E-state index is 3.50. The molecule has 0 radical (unpaired) electrons. The molecule has 1 atom stereocenters. The SMILES string of the molecule is CCCNCC1CCCN1CC. The molecule has 0 bridgehead atoms. The molecule has 1 N–H and O–H groups in total. The number of hydrogen-bond acceptors (Lipinski definition) is 2. The predicted octanol–water partition coefficient (Wildman–Crippen LogP) is 1.47. The molecular formula is C10H22N2. The first-order valence-corrected chi connectivity index (χ1v) is 5.33. The van der Waals surface area contributed by atoms with Crippen LogP contribution in [0.3, 0.4) is 0 Å². The third-order valence-corrected chi connectivity index (χ3v) is 2.71. The van der Waals surface area contributed by atoms with E-state index in [1.165, 1.54) is 45.4 Å². The number of likely N-dealkylation sites (tertiary alicyclic amines) is 1. The van der Waals surface area contributed by atoms with Gasteiger partial charge in [0.25, 0.3) is 0 Å².